The van der Waals surface area contributed by atoms with Crippen LogP contribution in [0.2, 0.25) is 0 Å². The molecule has 0 amide bonds. The molecule has 0 radical (unpaired) electrons. The van der Waals surface area contributed by atoms with E-state index in [-0.39, 0.29) is 0 Å². The maximum Gasteiger partial charge on any atom is 0.119 e. The highest BCUT2D eigenvalue weighted by Gasteiger charge is 2.19. The standard InChI is InChI=1S/C12H16O.C2H6/c1-8-3-5-10-9(2)4-6-12(13)11(10)7-8;1-2/h4,6,8,13H,3,5,7H2,1-2H3;1-2H3. The van der Waals surface area contributed by atoms with E-state index in [9.17, 15) is 5.11 Å². The molecule has 1 aliphatic rings. The summed E-state index contributed by atoms with van der Waals surface area (Å²) >= 11 is 0. The lowest BCUT2D eigenvalue weighted by Crippen LogP contribution is -2.12. The van der Waals surface area contributed by atoms with Crippen molar-refractivity contribution in [1.29, 1.82) is 0 Å². The van der Waals surface area contributed by atoms with E-state index in [1.807, 2.05) is 26.0 Å². The number of phenolic OH excluding ortho intramolecular Hbond substituents is 1. The largest absolute Gasteiger partial charge is 0.508 e. The van der Waals surface area contributed by atoms with E-state index in [0.29, 0.717) is 5.75 Å². The molecule has 15 heavy (non-hydrogen) atoms. The molecular formula is C14H22O. The molecule has 1 nitrogen and oxygen atoms in total. The van der Waals surface area contributed by atoms with Gasteiger partial charge in [0.2, 0.25) is 0 Å². The van der Waals surface area contributed by atoms with Crippen LogP contribution >= 0.6 is 0 Å². The lowest BCUT2D eigenvalue weighted by atomic mass is 9.82. The van der Waals surface area contributed by atoms with E-state index in [0.717, 1.165) is 18.8 Å². The van der Waals surface area contributed by atoms with Gasteiger partial charge in [-0.25, -0.2) is 0 Å². The van der Waals surface area contributed by atoms with Crippen molar-refractivity contribution in [3.05, 3.63) is 28.8 Å². The van der Waals surface area contributed by atoms with E-state index in [1.54, 1.807) is 0 Å². The van der Waals surface area contributed by atoms with Crippen molar-refractivity contribution in [2.75, 3.05) is 0 Å². The first-order valence-electron chi connectivity index (χ1n) is 5.99. The van der Waals surface area contributed by atoms with Gasteiger partial charge in [-0.15, -0.1) is 0 Å². The van der Waals surface area contributed by atoms with Crippen LogP contribution in [0.15, 0.2) is 12.1 Å². The van der Waals surface area contributed by atoms with Gasteiger partial charge in [0.05, 0.1) is 0 Å². The van der Waals surface area contributed by atoms with Gasteiger partial charge in [0.15, 0.2) is 0 Å². The Morgan fingerprint density at radius 3 is 2.53 bits per heavy atom. The second-order valence-electron chi connectivity index (χ2n) is 4.21. The normalized spacial score (nSPS) is 18.8. The molecule has 84 valence electrons. The summed E-state index contributed by atoms with van der Waals surface area (Å²) < 4.78 is 0. The fraction of sp³-hybridized carbons (Fsp3) is 0.571. The molecule has 0 fully saturated rings. The van der Waals surface area contributed by atoms with Gasteiger partial charge in [-0.1, -0.05) is 26.8 Å². The zero-order valence-electron chi connectivity index (χ0n) is 10.3. The van der Waals surface area contributed by atoms with Crippen LogP contribution in [0.25, 0.3) is 0 Å². The predicted octanol–water partition coefficient (Wildman–Crippen LogP) is 3.85. The van der Waals surface area contributed by atoms with E-state index in [1.165, 1.54) is 23.1 Å². The summed E-state index contributed by atoms with van der Waals surface area (Å²) in [6.07, 6.45) is 3.44. The van der Waals surface area contributed by atoms with E-state index in [2.05, 4.69) is 13.8 Å². The number of fused-ring (bicyclic) bond motifs is 1. The van der Waals surface area contributed by atoms with Crippen molar-refractivity contribution >= 4 is 0 Å². The van der Waals surface area contributed by atoms with Gasteiger partial charge >= 0.3 is 0 Å². The third-order valence-electron chi connectivity index (χ3n) is 3.08. The van der Waals surface area contributed by atoms with Crippen molar-refractivity contribution in [3.63, 3.8) is 0 Å². The predicted molar refractivity (Wildman–Crippen MR) is 65.4 cm³/mol. The quantitative estimate of drug-likeness (QED) is 0.683. The number of aromatic hydroxyl groups is 1. The zero-order valence-corrected chi connectivity index (χ0v) is 10.3. The van der Waals surface area contributed by atoms with Gasteiger partial charge in [-0.2, -0.15) is 0 Å². The van der Waals surface area contributed by atoms with Crippen LogP contribution in [0.3, 0.4) is 0 Å². The molecule has 0 heterocycles. The Bertz CT molecular complexity index is 328. The van der Waals surface area contributed by atoms with E-state index in [4.69, 9.17) is 0 Å². The summed E-state index contributed by atoms with van der Waals surface area (Å²) in [4.78, 5) is 0. The summed E-state index contributed by atoms with van der Waals surface area (Å²) in [6, 6.07) is 3.84. The smallest absolute Gasteiger partial charge is 0.119 e. The summed E-state index contributed by atoms with van der Waals surface area (Å²) in [7, 11) is 0. The highest BCUT2D eigenvalue weighted by Crippen LogP contribution is 2.33. The molecule has 1 N–H and O–H groups in total. The average Bonchev–Trinajstić information content (AvgIpc) is 2.27. The van der Waals surface area contributed by atoms with E-state index < -0.39 is 0 Å². The average molecular weight is 206 g/mol. The second-order valence-corrected chi connectivity index (χ2v) is 4.21. The Hall–Kier alpha value is -0.980. The van der Waals surface area contributed by atoms with Crippen molar-refractivity contribution < 1.29 is 5.11 Å². The Kier molecular flexibility index (Phi) is 4.19. The molecule has 1 aromatic rings. The van der Waals surface area contributed by atoms with Crippen LogP contribution in [0.4, 0.5) is 0 Å². The van der Waals surface area contributed by atoms with Crippen molar-refractivity contribution in [1.82, 2.24) is 0 Å². The van der Waals surface area contributed by atoms with Gasteiger partial charge < -0.3 is 5.11 Å². The number of rotatable bonds is 0. The van der Waals surface area contributed by atoms with Gasteiger partial charge in [0.1, 0.15) is 5.75 Å². The first kappa shape index (κ1) is 12.1. The minimum Gasteiger partial charge on any atom is -0.508 e. The van der Waals surface area contributed by atoms with Crippen LogP contribution in [0, 0.1) is 12.8 Å². The van der Waals surface area contributed by atoms with Crippen LogP contribution in [-0.2, 0) is 12.8 Å². The number of hydrogen-bond donors (Lipinski definition) is 1. The fourth-order valence-electron chi connectivity index (χ4n) is 2.21. The van der Waals surface area contributed by atoms with E-state index >= 15 is 0 Å². The number of aryl methyl sites for hydroxylation is 1. The third kappa shape index (κ3) is 2.53. The van der Waals surface area contributed by atoms with Crippen molar-refractivity contribution in [2.45, 2.75) is 47.0 Å². The molecule has 1 heteroatoms. The zero-order chi connectivity index (χ0) is 11.4. The summed E-state index contributed by atoms with van der Waals surface area (Å²) in [5.41, 5.74) is 3.91. The summed E-state index contributed by atoms with van der Waals surface area (Å²) in [5, 5.41) is 9.70. The number of benzene rings is 1. The monoisotopic (exact) mass is 206 g/mol. The Morgan fingerprint density at radius 1 is 1.20 bits per heavy atom. The molecule has 2 rings (SSSR count). The topological polar surface area (TPSA) is 20.2 Å². The number of phenols is 1. The molecule has 0 spiro atoms. The fourth-order valence-corrected chi connectivity index (χ4v) is 2.21. The molecule has 0 bridgehead atoms. The molecule has 1 atom stereocenters. The van der Waals surface area contributed by atoms with Gasteiger partial charge in [0.25, 0.3) is 0 Å². The maximum absolute atomic E-state index is 9.70. The van der Waals surface area contributed by atoms with Gasteiger partial charge in [0, 0.05) is 0 Å². The van der Waals surface area contributed by atoms with Crippen LogP contribution in [0.1, 0.15) is 43.9 Å². The SMILES string of the molecule is CC.Cc1ccc(O)c2c1CCC(C)C2. The Labute approximate surface area is 93.1 Å². The summed E-state index contributed by atoms with van der Waals surface area (Å²) in [5.74, 6) is 1.22. The van der Waals surface area contributed by atoms with Crippen molar-refractivity contribution in [2.24, 2.45) is 5.92 Å². The minimum absolute atomic E-state index is 0.493. The van der Waals surface area contributed by atoms with Crippen LogP contribution in [-0.4, -0.2) is 5.11 Å². The van der Waals surface area contributed by atoms with Crippen LogP contribution < -0.4 is 0 Å². The number of hydrogen-bond acceptors (Lipinski definition) is 1. The maximum atomic E-state index is 9.70. The first-order valence-corrected chi connectivity index (χ1v) is 5.99. The molecule has 0 saturated carbocycles. The minimum atomic E-state index is 0.493. The molecular weight excluding hydrogens is 184 g/mol. The molecule has 1 aromatic carbocycles. The van der Waals surface area contributed by atoms with Gasteiger partial charge in [-0.05, 0) is 54.9 Å². The highest BCUT2D eigenvalue weighted by atomic mass is 16.3. The molecule has 1 aliphatic carbocycles. The second kappa shape index (κ2) is 5.20. The van der Waals surface area contributed by atoms with Gasteiger partial charge in [-0.3, -0.25) is 0 Å². The Morgan fingerprint density at radius 2 is 1.87 bits per heavy atom. The lowest BCUT2D eigenvalue weighted by molar-refractivity contribution is 0.438. The Balaban J connectivity index is 0.000000531. The molecule has 0 aromatic heterocycles. The lowest BCUT2D eigenvalue weighted by Gasteiger charge is -2.23. The first-order chi connectivity index (χ1) is 7.18. The molecule has 0 aliphatic heterocycles. The molecule has 1 unspecified atom stereocenters. The highest BCUT2D eigenvalue weighted by molar-refractivity contribution is 5.45. The molecule has 0 saturated heterocycles. The summed E-state index contributed by atoms with van der Waals surface area (Å²) in [6.45, 7) is 8.39. The van der Waals surface area contributed by atoms with Crippen LogP contribution in [0.5, 0.6) is 5.75 Å². The van der Waals surface area contributed by atoms with Crippen molar-refractivity contribution in [3.8, 4) is 5.75 Å². The third-order valence-corrected chi connectivity index (χ3v) is 3.08.